The minimum atomic E-state index is -0.798. The van der Waals surface area contributed by atoms with Gasteiger partial charge < -0.3 is 25.2 Å². The van der Waals surface area contributed by atoms with E-state index in [-0.39, 0.29) is 30.4 Å². The number of carbonyl (C=O) groups is 1. The monoisotopic (exact) mass is 419 g/mol. The van der Waals surface area contributed by atoms with E-state index in [0.717, 1.165) is 5.56 Å². The van der Waals surface area contributed by atoms with Crippen molar-refractivity contribution in [2.24, 2.45) is 7.05 Å². The third-order valence-corrected chi connectivity index (χ3v) is 5.46. The smallest absolute Gasteiger partial charge is 0.222 e. The summed E-state index contributed by atoms with van der Waals surface area (Å²) in [6.45, 7) is 1.10. The fraction of sp³-hybridized carbons (Fsp3) is 0.550. The molecule has 2 aliphatic rings. The first kappa shape index (κ1) is 20.9. The summed E-state index contributed by atoms with van der Waals surface area (Å²) in [4.78, 5) is 15.9. The number of nitrogens with zero attached hydrogens (tertiary/aromatic N) is 3. The Kier molecular flexibility index (Phi) is 6.38. The molecule has 0 spiro atoms. The third-order valence-electron chi connectivity index (χ3n) is 5.46. The van der Waals surface area contributed by atoms with Gasteiger partial charge in [0.2, 0.25) is 5.91 Å². The molecule has 10 heteroatoms. The van der Waals surface area contributed by atoms with E-state index in [9.17, 15) is 14.3 Å². The van der Waals surface area contributed by atoms with Crippen LogP contribution in [0.4, 0.5) is 4.39 Å². The van der Waals surface area contributed by atoms with Crippen molar-refractivity contribution in [1.29, 1.82) is 0 Å². The van der Waals surface area contributed by atoms with Gasteiger partial charge in [-0.3, -0.25) is 14.5 Å². The van der Waals surface area contributed by atoms with Gasteiger partial charge in [-0.1, -0.05) is 0 Å². The number of nitrogens with one attached hydrogen (secondary N) is 2. The largest absolute Gasteiger partial charge is 0.388 e. The molecule has 2 fully saturated rings. The summed E-state index contributed by atoms with van der Waals surface area (Å²) in [5.41, 5.74) is 1.43. The first-order valence-electron chi connectivity index (χ1n) is 10.0. The topological polar surface area (TPSA) is 111 Å². The summed E-state index contributed by atoms with van der Waals surface area (Å²) in [6, 6.07) is 1.61. The summed E-state index contributed by atoms with van der Waals surface area (Å²) in [5.74, 6) is -0.487. The van der Waals surface area contributed by atoms with Crippen LogP contribution in [0.15, 0.2) is 30.9 Å². The molecule has 2 aromatic heterocycles. The van der Waals surface area contributed by atoms with E-state index in [2.05, 4.69) is 20.7 Å². The van der Waals surface area contributed by atoms with E-state index >= 15 is 0 Å². The van der Waals surface area contributed by atoms with Crippen molar-refractivity contribution in [2.75, 3.05) is 6.54 Å². The van der Waals surface area contributed by atoms with E-state index in [4.69, 9.17) is 9.47 Å². The Balaban J connectivity index is 1.19. The normalized spacial score (nSPS) is 27.9. The second-order valence-corrected chi connectivity index (χ2v) is 7.76. The quantitative estimate of drug-likeness (QED) is 0.554. The van der Waals surface area contributed by atoms with Crippen LogP contribution in [0.1, 0.15) is 24.0 Å². The highest BCUT2D eigenvalue weighted by Crippen LogP contribution is 2.35. The number of pyridine rings is 1. The maximum absolute atomic E-state index is 13.6. The Labute approximate surface area is 173 Å². The molecule has 3 N–H and O–H groups in total. The molecule has 0 unspecified atom stereocenters. The lowest BCUT2D eigenvalue weighted by Crippen LogP contribution is -2.39. The zero-order chi connectivity index (χ0) is 21.1. The number of fused-ring (bicyclic) bond motifs is 1. The second-order valence-electron chi connectivity index (χ2n) is 7.76. The summed E-state index contributed by atoms with van der Waals surface area (Å²) in [6.07, 6.45) is 4.80. The maximum Gasteiger partial charge on any atom is 0.222 e. The molecule has 162 valence electrons. The van der Waals surface area contributed by atoms with Crippen LogP contribution in [0.5, 0.6) is 0 Å². The van der Waals surface area contributed by atoms with Crippen LogP contribution in [-0.4, -0.2) is 62.8 Å². The summed E-state index contributed by atoms with van der Waals surface area (Å²) >= 11 is 0. The molecule has 0 bridgehead atoms. The minimum Gasteiger partial charge on any atom is -0.388 e. The fourth-order valence-electron chi connectivity index (χ4n) is 3.95. The average molecular weight is 419 g/mol. The molecule has 0 saturated carbocycles. The molecule has 0 aromatic carbocycles. The van der Waals surface area contributed by atoms with E-state index in [1.165, 1.54) is 12.4 Å². The van der Waals surface area contributed by atoms with Crippen molar-refractivity contribution >= 4 is 5.91 Å². The van der Waals surface area contributed by atoms with Crippen molar-refractivity contribution in [3.63, 3.8) is 0 Å². The maximum atomic E-state index is 13.6. The zero-order valence-corrected chi connectivity index (χ0v) is 16.7. The minimum absolute atomic E-state index is 0.115. The Hall–Kier alpha value is -2.40. The number of aliphatic hydroxyl groups is 1. The van der Waals surface area contributed by atoms with Gasteiger partial charge in [-0.25, -0.2) is 4.39 Å². The van der Waals surface area contributed by atoms with Crippen LogP contribution in [0.25, 0.3) is 0 Å². The third kappa shape index (κ3) is 4.84. The molecular weight excluding hydrogens is 393 g/mol. The number of hydrogen-bond acceptors (Lipinski definition) is 7. The highest BCUT2D eigenvalue weighted by atomic mass is 19.1. The number of aliphatic hydroxyl groups excluding tert-OH is 1. The Bertz CT molecular complexity index is 878. The number of rotatable bonds is 8. The van der Waals surface area contributed by atoms with Crippen molar-refractivity contribution in [3.8, 4) is 0 Å². The Morgan fingerprint density at radius 1 is 1.37 bits per heavy atom. The van der Waals surface area contributed by atoms with Crippen molar-refractivity contribution < 1.29 is 23.8 Å². The standard InChI is InChI=1S/C20H26FN5O4/c1-26-11-12(7-25-26)6-24-18(27)5-14-4-16-20(29-14)19(28)17(30-16)10-23-8-13-2-3-22-9-15(13)21/h2-3,7,9,11,14,16-17,19-20,23,28H,4-6,8,10H2,1H3,(H,24,27)/t14-,16+,17+,19+,20-/m0/s1. The fourth-order valence-corrected chi connectivity index (χ4v) is 3.95. The van der Waals surface area contributed by atoms with Crippen LogP contribution in [-0.2, 0) is 34.4 Å². The summed E-state index contributed by atoms with van der Waals surface area (Å²) in [5, 5.41) is 20.6. The molecule has 0 aliphatic carbocycles. The second kappa shape index (κ2) is 9.17. The van der Waals surface area contributed by atoms with Crippen LogP contribution in [0, 0.1) is 5.82 Å². The number of carbonyl (C=O) groups excluding carboxylic acids is 1. The van der Waals surface area contributed by atoms with Gasteiger partial charge in [0.15, 0.2) is 0 Å². The number of hydrogen-bond donors (Lipinski definition) is 3. The lowest BCUT2D eigenvalue weighted by molar-refractivity contribution is -0.124. The van der Waals surface area contributed by atoms with E-state index in [1.807, 2.05) is 13.2 Å². The van der Waals surface area contributed by atoms with E-state index in [0.29, 0.717) is 31.6 Å². The average Bonchev–Trinajstić information content (AvgIpc) is 3.39. The number of ether oxygens (including phenoxy) is 2. The molecule has 0 radical (unpaired) electrons. The predicted octanol–water partition coefficient (Wildman–Crippen LogP) is 0.0361. The molecule has 2 saturated heterocycles. The van der Waals surface area contributed by atoms with Crippen LogP contribution in [0.2, 0.25) is 0 Å². The highest BCUT2D eigenvalue weighted by molar-refractivity contribution is 5.76. The van der Waals surface area contributed by atoms with Gasteiger partial charge in [-0.15, -0.1) is 0 Å². The highest BCUT2D eigenvalue weighted by Gasteiger charge is 2.50. The molecule has 2 aliphatic heterocycles. The van der Waals surface area contributed by atoms with Crippen molar-refractivity contribution in [3.05, 3.63) is 47.8 Å². The van der Waals surface area contributed by atoms with Gasteiger partial charge in [0, 0.05) is 56.6 Å². The molecule has 4 rings (SSSR count). The van der Waals surface area contributed by atoms with Crippen LogP contribution < -0.4 is 10.6 Å². The molecule has 2 aromatic rings. The van der Waals surface area contributed by atoms with Gasteiger partial charge in [0.1, 0.15) is 18.0 Å². The number of amides is 1. The molecule has 9 nitrogen and oxygen atoms in total. The molecule has 5 atom stereocenters. The Morgan fingerprint density at radius 3 is 2.97 bits per heavy atom. The summed E-state index contributed by atoms with van der Waals surface area (Å²) < 4.78 is 27.1. The molecule has 30 heavy (non-hydrogen) atoms. The van der Waals surface area contributed by atoms with Gasteiger partial charge in [0.05, 0.1) is 37.1 Å². The first-order valence-corrected chi connectivity index (χ1v) is 10.0. The van der Waals surface area contributed by atoms with Crippen LogP contribution >= 0.6 is 0 Å². The zero-order valence-electron chi connectivity index (χ0n) is 16.7. The van der Waals surface area contributed by atoms with E-state index in [1.54, 1.807) is 16.9 Å². The van der Waals surface area contributed by atoms with Gasteiger partial charge in [0.25, 0.3) is 0 Å². The summed E-state index contributed by atoms with van der Waals surface area (Å²) in [7, 11) is 1.82. The molecule has 4 heterocycles. The number of aromatic nitrogens is 3. The first-order chi connectivity index (χ1) is 14.5. The van der Waals surface area contributed by atoms with Crippen molar-refractivity contribution in [2.45, 2.75) is 56.5 Å². The lowest BCUT2D eigenvalue weighted by Gasteiger charge is -2.20. The van der Waals surface area contributed by atoms with Gasteiger partial charge >= 0.3 is 0 Å². The van der Waals surface area contributed by atoms with Crippen LogP contribution in [0.3, 0.4) is 0 Å². The predicted molar refractivity (Wildman–Crippen MR) is 104 cm³/mol. The SMILES string of the molecule is Cn1cc(CNC(=O)C[C@@H]2C[C@H]3O[C@H](CNCc4ccncc4F)[C@@H](O)[C@H]3O2)cn1. The van der Waals surface area contributed by atoms with E-state index < -0.39 is 18.3 Å². The Morgan fingerprint density at radius 2 is 2.23 bits per heavy atom. The molecular formula is C20H26FN5O4. The van der Waals surface area contributed by atoms with Gasteiger partial charge in [-0.05, 0) is 6.07 Å². The number of aryl methyl sites for hydroxylation is 1. The van der Waals surface area contributed by atoms with Gasteiger partial charge in [-0.2, -0.15) is 5.10 Å². The number of halogens is 1. The lowest BCUT2D eigenvalue weighted by atomic mass is 10.1. The molecule has 1 amide bonds. The van der Waals surface area contributed by atoms with Crippen molar-refractivity contribution in [1.82, 2.24) is 25.4 Å².